The molecule has 0 aliphatic carbocycles. The van der Waals surface area contributed by atoms with E-state index >= 15 is 0 Å². The first-order valence-corrected chi connectivity index (χ1v) is 13.2. The summed E-state index contributed by atoms with van der Waals surface area (Å²) in [6.45, 7) is 2.25. The second-order valence-electron chi connectivity index (χ2n) is 8.67. The SMILES string of the molecule is C[C@H](O)c1nccn1[C@@H](C#Cc1ccc(-c2ccc(CO[C@@H]3COC[C@H]3O)cc2)cc1)COP(=O)(O)O. The number of ether oxygens (including phenoxy) is 2. The van der Waals surface area contributed by atoms with Crippen LogP contribution >= 0.6 is 7.82 Å². The quantitative estimate of drug-likeness (QED) is 0.243. The summed E-state index contributed by atoms with van der Waals surface area (Å²) in [5, 5.41) is 19.7. The number of hydrogen-bond donors (Lipinski definition) is 4. The van der Waals surface area contributed by atoms with Gasteiger partial charge in [0.1, 0.15) is 30.2 Å². The number of benzene rings is 2. The van der Waals surface area contributed by atoms with Gasteiger partial charge in [0.25, 0.3) is 0 Å². The minimum Gasteiger partial charge on any atom is -0.388 e. The molecule has 0 saturated carbocycles. The van der Waals surface area contributed by atoms with E-state index in [1.807, 2.05) is 48.5 Å². The largest absolute Gasteiger partial charge is 0.469 e. The first-order chi connectivity index (χ1) is 17.7. The summed E-state index contributed by atoms with van der Waals surface area (Å²) in [5.41, 5.74) is 3.70. The van der Waals surface area contributed by atoms with E-state index in [0.717, 1.165) is 16.7 Å². The summed E-state index contributed by atoms with van der Waals surface area (Å²) in [6, 6.07) is 14.7. The van der Waals surface area contributed by atoms with E-state index in [9.17, 15) is 14.8 Å². The van der Waals surface area contributed by atoms with Crippen LogP contribution in [0.3, 0.4) is 0 Å². The van der Waals surface area contributed by atoms with Crippen LogP contribution in [0.1, 0.15) is 36.0 Å². The van der Waals surface area contributed by atoms with Crippen molar-refractivity contribution < 1.29 is 38.6 Å². The maximum absolute atomic E-state index is 11.2. The molecule has 4 N–H and O–H groups in total. The number of hydrogen-bond acceptors (Lipinski definition) is 7. The van der Waals surface area contributed by atoms with Crippen LogP contribution in [0.25, 0.3) is 11.1 Å². The molecule has 0 radical (unpaired) electrons. The Morgan fingerprint density at radius 2 is 1.81 bits per heavy atom. The lowest BCUT2D eigenvalue weighted by atomic mass is 10.0. The maximum Gasteiger partial charge on any atom is 0.469 e. The van der Waals surface area contributed by atoms with Crippen LogP contribution in [-0.2, 0) is 25.2 Å². The predicted octanol–water partition coefficient (Wildman–Crippen LogP) is 2.58. The second kappa shape index (κ2) is 12.1. The van der Waals surface area contributed by atoms with Crippen LogP contribution < -0.4 is 0 Å². The molecule has 1 aliphatic rings. The zero-order valence-corrected chi connectivity index (χ0v) is 21.1. The maximum atomic E-state index is 11.2. The van der Waals surface area contributed by atoms with Gasteiger partial charge in [0.2, 0.25) is 0 Å². The van der Waals surface area contributed by atoms with Gasteiger partial charge >= 0.3 is 7.82 Å². The number of aromatic nitrogens is 2. The average Bonchev–Trinajstić information content (AvgIpc) is 3.52. The smallest absolute Gasteiger partial charge is 0.388 e. The highest BCUT2D eigenvalue weighted by atomic mass is 31.2. The van der Waals surface area contributed by atoms with Gasteiger partial charge in [-0.25, -0.2) is 9.55 Å². The molecule has 0 unspecified atom stereocenters. The van der Waals surface area contributed by atoms with Gasteiger partial charge in [0.15, 0.2) is 0 Å². The summed E-state index contributed by atoms with van der Waals surface area (Å²) < 4.78 is 28.4. The zero-order chi connectivity index (χ0) is 26.4. The van der Waals surface area contributed by atoms with E-state index in [1.165, 1.54) is 10.8 Å². The molecule has 4 rings (SSSR count). The Morgan fingerprint density at radius 3 is 2.41 bits per heavy atom. The molecule has 10 nitrogen and oxygen atoms in total. The van der Waals surface area contributed by atoms with E-state index in [1.54, 1.807) is 13.1 Å². The van der Waals surface area contributed by atoms with Crippen LogP contribution in [0.4, 0.5) is 0 Å². The van der Waals surface area contributed by atoms with Crippen LogP contribution in [0.2, 0.25) is 0 Å². The number of aliphatic hydroxyl groups is 2. The number of aliphatic hydroxyl groups excluding tert-OH is 2. The first kappa shape index (κ1) is 27.2. The molecule has 2 heterocycles. The number of phosphoric ester groups is 1. The number of phosphoric acid groups is 1. The normalized spacial score (nSPS) is 19.3. The molecule has 4 atom stereocenters. The fourth-order valence-electron chi connectivity index (χ4n) is 3.86. The first-order valence-electron chi connectivity index (χ1n) is 11.7. The standard InChI is InChI=1S/C26H29N2O8P/c1-18(29)26-27-12-13-28(26)23(15-36-37(31,32)33)11-6-19-2-7-21(8-3-19)22-9-4-20(5-10-22)14-35-25-17-34-16-24(25)30/h2-5,7-10,12-13,18,23-25,29-30H,14-17H2,1H3,(H2,31,32,33)/t18-,23-,24+,25+/m0/s1. The lowest BCUT2D eigenvalue weighted by molar-refractivity contribution is -0.0188. The Balaban J connectivity index is 1.44. The van der Waals surface area contributed by atoms with E-state index in [-0.39, 0.29) is 12.7 Å². The molecule has 3 aromatic rings. The lowest BCUT2D eigenvalue weighted by Crippen LogP contribution is -2.26. The van der Waals surface area contributed by atoms with Crippen molar-refractivity contribution in [1.82, 2.24) is 9.55 Å². The van der Waals surface area contributed by atoms with Crippen LogP contribution in [0, 0.1) is 11.8 Å². The third-order valence-electron chi connectivity index (χ3n) is 5.83. The molecule has 1 saturated heterocycles. The van der Waals surface area contributed by atoms with Gasteiger partial charge in [-0.15, -0.1) is 0 Å². The van der Waals surface area contributed by atoms with Gasteiger partial charge in [-0.05, 0) is 35.7 Å². The van der Waals surface area contributed by atoms with Crippen LogP contribution in [-0.4, -0.2) is 61.6 Å². The molecule has 1 aliphatic heterocycles. The summed E-state index contributed by atoms with van der Waals surface area (Å²) in [4.78, 5) is 22.3. The average molecular weight is 528 g/mol. The van der Waals surface area contributed by atoms with Crippen molar-refractivity contribution in [2.75, 3.05) is 19.8 Å². The van der Waals surface area contributed by atoms with Crippen LogP contribution in [0.15, 0.2) is 60.9 Å². The molecule has 0 amide bonds. The van der Waals surface area contributed by atoms with E-state index in [2.05, 4.69) is 21.3 Å². The molecule has 1 fully saturated rings. The van der Waals surface area contributed by atoms with Crippen molar-refractivity contribution in [2.24, 2.45) is 0 Å². The van der Waals surface area contributed by atoms with Crippen molar-refractivity contribution >= 4 is 7.82 Å². The van der Waals surface area contributed by atoms with Crippen molar-refractivity contribution in [3.63, 3.8) is 0 Å². The minimum atomic E-state index is -4.70. The monoisotopic (exact) mass is 528 g/mol. The summed E-state index contributed by atoms with van der Waals surface area (Å²) in [6.07, 6.45) is 1.27. The van der Waals surface area contributed by atoms with Crippen LogP contribution in [0.5, 0.6) is 0 Å². The van der Waals surface area contributed by atoms with Crippen molar-refractivity contribution in [3.8, 4) is 23.0 Å². The number of rotatable bonds is 9. The van der Waals surface area contributed by atoms with Gasteiger partial charge in [0, 0.05) is 18.0 Å². The fourth-order valence-corrected chi connectivity index (χ4v) is 4.20. The molecule has 37 heavy (non-hydrogen) atoms. The molecule has 1 aromatic heterocycles. The molecule has 0 spiro atoms. The van der Waals surface area contributed by atoms with E-state index in [4.69, 9.17) is 19.3 Å². The topological polar surface area (TPSA) is 144 Å². The van der Waals surface area contributed by atoms with Gasteiger partial charge in [-0.2, -0.15) is 0 Å². The Labute approximate surface area is 214 Å². The van der Waals surface area contributed by atoms with Crippen molar-refractivity contribution in [3.05, 3.63) is 77.9 Å². The van der Waals surface area contributed by atoms with Gasteiger partial charge in [-0.3, -0.25) is 4.52 Å². The minimum absolute atomic E-state index is 0.302. The van der Waals surface area contributed by atoms with Crippen molar-refractivity contribution in [1.29, 1.82) is 0 Å². The van der Waals surface area contributed by atoms with Crippen molar-refractivity contribution in [2.45, 2.75) is 37.9 Å². The highest BCUT2D eigenvalue weighted by Crippen LogP contribution is 2.37. The molecule has 0 bridgehead atoms. The summed E-state index contributed by atoms with van der Waals surface area (Å²) in [7, 11) is -4.70. The Bertz CT molecular complexity index is 1270. The van der Waals surface area contributed by atoms with E-state index < -0.39 is 26.1 Å². The Morgan fingerprint density at radius 1 is 1.14 bits per heavy atom. The molecular weight excluding hydrogens is 499 g/mol. The predicted molar refractivity (Wildman–Crippen MR) is 134 cm³/mol. The van der Waals surface area contributed by atoms with E-state index in [0.29, 0.717) is 31.2 Å². The molecule has 11 heteroatoms. The zero-order valence-electron chi connectivity index (χ0n) is 20.2. The van der Waals surface area contributed by atoms with Gasteiger partial charge in [-0.1, -0.05) is 48.2 Å². The third-order valence-corrected chi connectivity index (χ3v) is 6.31. The number of imidazole rings is 1. The second-order valence-corrected chi connectivity index (χ2v) is 9.91. The molecular formula is C26H29N2O8P. The molecule has 196 valence electrons. The van der Waals surface area contributed by atoms with Gasteiger partial charge < -0.3 is 34.0 Å². The van der Waals surface area contributed by atoms with Gasteiger partial charge in [0.05, 0.1) is 26.4 Å². The summed E-state index contributed by atoms with van der Waals surface area (Å²) in [5.74, 6) is 6.29. The highest BCUT2D eigenvalue weighted by molar-refractivity contribution is 7.46. The lowest BCUT2D eigenvalue weighted by Gasteiger charge is -2.17. The Kier molecular flexibility index (Phi) is 8.92. The Hall–Kier alpha value is -2.84. The molecule has 2 aromatic carbocycles. The third kappa shape index (κ3) is 7.58. The number of nitrogens with zero attached hydrogens (tertiary/aromatic N) is 2. The summed E-state index contributed by atoms with van der Waals surface area (Å²) >= 11 is 0. The highest BCUT2D eigenvalue weighted by Gasteiger charge is 2.26. The fraction of sp³-hybridized carbons (Fsp3) is 0.346.